The molecule has 156 valence electrons. The van der Waals surface area contributed by atoms with Gasteiger partial charge in [0.15, 0.2) is 0 Å². The van der Waals surface area contributed by atoms with Gasteiger partial charge in [-0.25, -0.2) is 4.39 Å². The molecule has 0 unspecified atom stereocenters. The molecule has 0 spiro atoms. The van der Waals surface area contributed by atoms with Gasteiger partial charge in [0.1, 0.15) is 24.6 Å². The fourth-order valence-corrected chi connectivity index (χ4v) is 3.16. The van der Waals surface area contributed by atoms with Crippen LogP contribution in [0, 0.1) is 5.82 Å². The molecule has 0 N–H and O–H groups in total. The first kappa shape index (κ1) is 21.0. The number of aromatic nitrogens is 1. The molecule has 0 saturated heterocycles. The first-order valence-electron chi connectivity index (χ1n) is 9.19. The van der Waals surface area contributed by atoms with Crippen LogP contribution < -0.4 is 0 Å². The summed E-state index contributed by atoms with van der Waals surface area (Å²) in [5.41, 5.74) is 1.34. The number of carbonyl (C=O) groups is 3. The smallest absolute Gasteiger partial charge is 0.325 e. The summed E-state index contributed by atoms with van der Waals surface area (Å²) in [4.78, 5) is 37.9. The lowest BCUT2D eigenvalue weighted by atomic mass is 10.2. The number of para-hydroxylation sites is 1. The highest BCUT2D eigenvalue weighted by atomic mass is 19.1. The van der Waals surface area contributed by atoms with Crippen molar-refractivity contribution in [3.05, 3.63) is 71.7 Å². The molecule has 0 aliphatic rings. The van der Waals surface area contributed by atoms with Gasteiger partial charge in [-0.2, -0.15) is 0 Å². The number of hydrogen-bond acceptors (Lipinski definition) is 5. The van der Waals surface area contributed by atoms with E-state index in [1.807, 2.05) is 24.3 Å². The van der Waals surface area contributed by atoms with Gasteiger partial charge in [-0.05, 0) is 18.2 Å². The number of fused-ring (bicyclic) bond motifs is 1. The second kappa shape index (κ2) is 9.21. The number of amides is 1. The molecule has 8 heteroatoms. The van der Waals surface area contributed by atoms with Crippen molar-refractivity contribution in [2.75, 3.05) is 27.3 Å². The van der Waals surface area contributed by atoms with Gasteiger partial charge in [0.25, 0.3) is 5.91 Å². The van der Waals surface area contributed by atoms with E-state index in [2.05, 4.69) is 9.47 Å². The average Bonchev–Trinajstić information content (AvgIpc) is 3.12. The molecule has 3 rings (SSSR count). The van der Waals surface area contributed by atoms with Gasteiger partial charge in [0.2, 0.25) is 0 Å². The zero-order valence-corrected chi connectivity index (χ0v) is 16.6. The quantitative estimate of drug-likeness (QED) is 0.558. The number of esters is 2. The molecular weight excluding hydrogens is 391 g/mol. The van der Waals surface area contributed by atoms with E-state index in [1.54, 1.807) is 28.8 Å². The van der Waals surface area contributed by atoms with E-state index >= 15 is 0 Å². The van der Waals surface area contributed by atoms with Crippen molar-refractivity contribution in [3.8, 4) is 0 Å². The van der Waals surface area contributed by atoms with E-state index in [-0.39, 0.29) is 12.2 Å². The van der Waals surface area contributed by atoms with Crippen LogP contribution in [-0.4, -0.2) is 54.6 Å². The molecule has 0 fully saturated rings. The van der Waals surface area contributed by atoms with E-state index in [0.717, 1.165) is 15.8 Å². The lowest BCUT2D eigenvalue weighted by Crippen LogP contribution is -2.41. The van der Waals surface area contributed by atoms with E-state index in [1.165, 1.54) is 20.3 Å². The van der Waals surface area contributed by atoms with E-state index < -0.39 is 36.8 Å². The van der Waals surface area contributed by atoms with Gasteiger partial charge in [-0.3, -0.25) is 14.4 Å². The number of nitrogens with zero attached hydrogens (tertiary/aromatic N) is 2. The highest BCUT2D eigenvalue weighted by Gasteiger charge is 2.26. The molecule has 30 heavy (non-hydrogen) atoms. The van der Waals surface area contributed by atoms with Gasteiger partial charge >= 0.3 is 11.9 Å². The number of rotatable bonds is 7. The Morgan fingerprint density at radius 1 is 0.933 bits per heavy atom. The zero-order valence-electron chi connectivity index (χ0n) is 16.6. The Balaban J connectivity index is 2.06. The van der Waals surface area contributed by atoms with Crippen LogP contribution in [-0.2, 0) is 25.6 Å². The topological polar surface area (TPSA) is 77.8 Å². The van der Waals surface area contributed by atoms with Gasteiger partial charge in [0, 0.05) is 16.5 Å². The van der Waals surface area contributed by atoms with Crippen LogP contribution in [0.2, 0.25) is 0 Å². The largest absolute Gasteiger partial charge is 0.468 e. The second-order valence-corrected chi connectivity index (χ2v) is 6.58. The van der Waals surface area contributed by atoms with E-state index in [4.69, 9.17) is 0 Å². The fourth-order valence-electron chi connectivity index (χ4n) is 3.16. The minimum atomic E-state index is -0.677. The molecule has 1 aromatic heterocycles. The van der Waals surface area contributed by atoms with Crippen LogP contribution in [0.5, 0.6) is 0 Å². The molecule has 2 aromatic carbocycles. The molecule has 0 aliphatic carbocycles. The summed E-state index contributed by atoms with van der Waals surface area (Å²) < 4.78 is 25.2. The Morgan fingerprint density at radius 2 is 1.53 bits per heavy atom. The van der Waals surface area contributed by atoms with Crippen LogP contribution in [0.25, 0.3) is 10.9 Å². The molecular formula is C22H21FN2O5. The van der Waals surface area contributed by atoms with Crippen molar-refractivity contribution in [1.82, 2.24) is 9.47 Å². The average molecular weight is 412 g/mol. The number of carbonyl (C=O) groups excluding carboxylic acids is 3. The minimum absolute atomic E-state index is 0.103. The molecule has 0 saturated carbocycles. The van der Waals surface area contributed by atoms with Crippen molar-refractivity contribution < 1.29 is 28.2 Å². The Kier molecular flexibility index (Phi) is 6.46. The predicted octanol–water partition coefficient (Wildman–Crippen LogP) is 2.62. The van der Waals surface area contributed by atoms with Crippen molar-refractivity contribution >= 4 is 28.7 Å². The number of ether oxygens (including phenoxy) is 2. The van der Waals surface area contributed by atoms with Gasteiger partial charge in [-0.15, -0.1) is 0 Å². The molecule has 0 bridgehead atoms. The molecule has 7 nitrogen and oxygen atoms in total. The number of halogens is 1. The Labute approximate surface area is 172 Å². The van der Waals surface area contributed by atoms with Crippen LogP contribution in [0.1, 0.15) is 16.1 Å². The summed E-state index contributed by atoms with van der Waals surface area (Å²) in [6, 6.07) is 15.2. The van der Waals surface area contributed by atoms with Crippen molar-refractivity contribution in [3.63, 3.8) is 0 Å². The fraction of sp³-hybridized carbons (Fsp3) is 0.227. The molecule has 3 aromatic rings. The third kappa shape index (κ3) is 4.48. The summed E-state index contributed by atoms with van der Waals surface area (Å²) in [6.45, 7) is -0.747. The maximum absolute atomic E-state index is 14.3. The molecule has 0 atom stereocenters. The number of methoxy groups -OCH3 is 2. The van der Waals surface area contributed by atoms with Gasteiger partial charge < -0.3 is 18.9 Å². The van der Waals surface area contributed by atoms with E-state index in [0.29, 0.717) is 5.56 Å². The van der Waals surface area contributed by atoms with Crippen molar-refractivity contribution in [1.29, 1.82) is 0 Å². The molecule has 1 heterocycles. The van der Waals surface area contributed by atoms with Crippen molar-refractivity contribution in [2.45, 2.75) is 6.54 Å². The molecule has 0 aliphatic heterocycles. The monoisotopic (exact) mass is 412 g/mol. The van der Waals surface area contributed by atoms with Gasteiger partial charge in [0.05, 0.1) is 20.8 Å². The Bertz CT molecular complexity index is 1070. The van der Waals surface area contributed by atoms with Gasteiger partial charge in [-0.1, -0.05) is 36.4 Å². The van der Waals surface area contributed by atoms with Crippen LogP contribution in [0.4, 0.5) is 4.39 Å². The number of hydrogen-bond donors (Lipinski definition) is 0. The first-order valence-corrected chi connectivity index (χ1v) is 9.19. The molecule has 0 radical (unpaired) electrons. The molecule has 1 amide bonds. The first-order chi connectivity index (χ1) is 14.4. The van der Waals surface area contributed by atoms with E-state index in [9.17, 15) is 18.8 Å². The predicted molar refractivity (Wildman–Crippen MR) is 107 cm³/mol. The maximum atomic E-state index is 14.3. The highest BCUT2D eigenvalue weighted by molar-refractivity contribution is 6.01. The van der Waals surface area contributed by atoms with Crippen LogP contribution in [0.15, 0.2) is 54.6 Å². The van der Waals surface area contributed by atoms with Crippen LogP contribution in [0.3, 0.4) is 0 Å². The summed E-state index contributed by atoms with van der Waals surface area (Å²) in [5.74, 6) is -2.32. The third-order valence-corrected chi connectivity index (χ3v) is 4.70. The third-order valence-electron chi connectivity index (χ3n) is 4.70. The second-order valence-electron chi connectivity index (χ2n) is 6.58. The SMILES string of the molecule is COC(=O)CN(CC(=O)OC)C(=O)c1cc2ccccc2n1Cc1ccccc1F. The summed E-state index contributed by atoms with van der Waals surface area (Å²) in [6.07, 6.45) is 0. The summed E-state index contributed by atoms with van der Waals surface area (Å²) >= 11 is 0. The standard InChI is InChI=1S/C22H21FN2O5/c1-29-20(26)13-24(14-21(27)30-2)22(28)19-11-15-7-4-6-10-18(15)25(19)12-16-8-3-5-9-17(16)23/h3-11H,12-14H2,1-2H3. The normalized spacial score (nSPS) is 10.6. The van der Waals surface area contributed by atoms with Crippen LogP contribution >= 0.6 is 0 Å². The zero-order chi connectivity index (χ0) is 21.7. The summed E-state index contributed by atoms with van der Waals surface area (Å²) in [5, 5.41) is 0.772. The van der Waals surface area contributed by atoms with Crippen molar-refractivity contribution in [2.24, 2.45) is 0 Å². The lowest BCUT2D eigenvalue weighted by molar-refractivity contribution is -0.144. The number of benzene rings is 2. The lowest BCUT2D eigenvalue weighted by Gasteiger charge is -2.21. The maximum Gasteiger partial charge on any atom is 0.325 e. The Morgan fingerprint density at radius 3 is 2.17 bits per heavy atom. The Hall–Kier alpha value is -3.68. The summed E-state index contributed by atoms with van der Waals surface area (Å²) in [7, 11) is 2.39. The highest BCUT2D eigenvalue weighted by Crippen LogP contribution is 2.23. The minimum Gasteiger partial charge on any atom is -0.468 e.